The average Bonchev–Trinajstić information content (AvgIpc) is 3.30. The summed E-state index contributed by atoms with van der Waals surface area (Å²) in [6, 6.07) is 25.2. The number of halogens is 4. The monoisotopic (exact) mass is 1060 g/mol. The highest BCUT2D eigenvalue weighted by atomic mass is 35.5. The summed E-state index contributed by atoms with van der Waals surface area (Å²) in [6.45, 7) is 9.87. The van der Waals surface area contributed by atoms with Gasteiger partial charge in [-0.05, 0) is 122 Å². The van der Waals surface area contributed by atoms with Crippen molar-refractivity contribution in [1.82, 2.24) is 14.5 Å². The van der Waals surface area contributed by atoms with E-state index >= 15 is 0 Å². The van der Waals surface area contributed by atoms with E-state index in [1.165, 1.54) is 40.6 Å². The number of nitrogens with zero attached hydrogens (tertiary/aromatic N) is 3. The summed E-state index contributed by atoms with van der Waals surface area (Å²) in [4.78, 5) is 37.4. The van der Waals surface area contributed by atoms with Crippen molar-refractivity contribution in [3.8, 4) is 0 Å². The Hall–Kier alpha value is -4.17. The molecule has 2 aliphatic heterocycles. The van der Waals surface area contributed by atoms with Crippen molar-refractivity contribution < 1.29 is 49.2 Å². The van der Waals surface area contributed by atoms with Gasteiger partial charge in [-0.25, -0.2) is 21.6 Å². The zero-order chi connectivity index (χ0) is 50.5. The number of nitrogens with one attached hydrogen (secondary N) is 2. The smallest absolute Gasteiger partial charge is 0.380 e. The third-order valence-electron chi connectivity index (χ3n) is 12.9. The number of carbonyl (C=O) groups excluding carboxylic acids is 1. The van der Waals surface area contributed by atoms with E-state index in [4.69, 9.17) is 11.6 Å². The standard InChI is InChI=1S/C49H58ClF3N5O8PS3/c1-48(2)22-18-44(36-8-12-39(50)13-9-36)38(31-48)32-57-26-28-58(29-27-57)41-14-10-37(11-15-41)47(59)55-70(65,66)43-16-17-45(46(30-43)69(63,64)49(51,52)53)54-40(34-68-42-6-4-3-5-7-42)21-25-56-23-19-35(20-24-56)33-67(60,61)62/h3-17,30,33,40,54H,18-29,31-32,34H2,1-2H3,(H,55,59)(H2,60,61,62)/t40-/m1/s1. The second-order valence-electron chi connectivity index (χ2n) is 18.8. The molecule has 2 heterocycles. The van der Waals surface area contributed by atoms with Crippen LogP contribution in [0.2, 0.25) is 5.02 Å². The molecule has 0 saturated carbocycles. The first-order valence-electron chi connectivity index (χ1n) is 22.9. The van der Waals surface area contributed by atoms with Crippen LogP contribution < -0.4 is 14.9 Å². The van der Waals surface area contributed by atoms with Crippen molar-refractivity contribution in [3.63, 3.8) is 0 Å². The summed E-state index contributed by atoms with van der Waals surface area (Å²) < 4.78 is 110. The molecule has 0 spiro atoms. The number of sulfonamides is 1. The first-order chi connectivity index (χ1) is 32.9. The molecule has 0 aromatic heterocycles. The predicted molar refractivity (Wildman–Crippen MR) is 270 cm³/mol. The Kier molecular flexibility index (Phi) is 17.1. The first kappa shape index (κ1) is 53.6. The molecule has 1 amide bonds. The van der Waals surface area contributed by atoms with Crippen LogP contribution in [0.15, 0.2) is 129 Å². The molecule has 4 aromatic carbocycles. The fraction of sp³-hybridized carbons (Fsp3) is 0.408. The van der Waals surface area contributed by atoms with Crippen molar-refractivity contribution in [3.05, 3.63) is 130 Å². The van der Waals surface area contributed by atoms with Gasteiger partial charge in [-0.15, -0.1) is 11.8 Å². The van der Waals surface area contributed by atoms with E-state index in [0.29, 0.717) is 68.6 Å². The van der Waals surface area contributed by atoms with Crippen LogP contribution in [0.3, 0.4) is 0 Å². The summed E-state index contributed by atoms with van der Waals surface area (Å²) in [7, 11) is -15.4. The minimum atomic E-state index is -6.13. The van der Waals surface area contributed by atoms with Crippen LogP contribution in [-0.4, -0.2) is 112 Å². The van der Waals surface area contributed by atoms with E-state index in [1.54, 1.807) is 12.1 Å². The average molecular weight is 1060 g/mol. The Morgan fingerprint density at radius 3 is 2.16 bits per heavy atom. The quantitative estimate of drug-likeness (QED) is 0.0582. The summed E-state index contributed by atoms with van der Waals surface area (Å²) in [6.07, 6.45) is 4.26. The van der Waals surface area contributed by atoms with E-state index in [1.807, 2.05) is 52.1 Å². The largest absolute Gasteiger partial charge is 0.501 e. The van der Waals surface area contributed by atoms with Crippen molar-refractivity contribution in [2.24, 2.45) is 5.41 Å². The van der Waals surface area contributed by atoms with Crippen LogP contribution >= 0.6 is 31.0 Å². The number of alkyl halides is 3. The van der Waals surface area contributed by atoms with Crippen LogP contribution in [-0.2, 0) is 24.4 Å². The molecule has 4 N–H and O–H groups in total. The summed E-state index contributed by atoms with van der Waals surface area (Å²) in [5.74, 6) is 0.194. The fourth-order valence-electron chi connectivity index (χ4n) is 9.10. The molecular formula is C49H58ClF3N5O8PS3. The molecule has 7 rings (SSSR count). The number of piperazine rings is 1. The molecule has 13 nitrogen and oxygen atoms in total. The highest BCUT2D eigenvalue weighted by Crippen LogP contribution is 2.43. The van der Waals surface area contributed by atoms with Gasteiger partial charge >= 0.3 is 13.1 Å². The number of sulfone groups is 1. The number of amides is 1. The van der Waals surface area contributed by atoms with Crippen molar-refractivity contribution in [1.29, 1.82) is 0 Å². The number of likely N-dealkylation sites (tertiary alicyclic amines) is 1. The highest BCUT2D eigenvalue weighted by Gasteiger charge is 2.48. The Morgan fingerprint density at radius 1 is 0.871 bits per heavy atom. The Morgan fingerprint density at radius 2 is 1.53 bits per heavy atom. The molecule has 3 aliphatic rings. The number of rotatable bonds is 17. The lowest BCUT2D eigenvalue weighted by molar-refractivity contribution is -0.0436. The van der Waals surface area contributed by atoms with Crippen molar-refractivity contribution in [2.45, 2.75) is 78.6 Å². The maximum absolute atomic E-state index is 14.3. The number of anilines is 2. The van der Waals surface area contributed by atoms with Gasteiger partial charge in [0.05, 0.1) is 10.6 Å². The Labute approximate surface area is 417 Å². The van der Waals surface area contributed by atoms with Gasteiger partial charge < -0.3 is 24.9 Å². The highest BCUT2D eigenvalue weighted by molar-refractivity contribution is 7.99. The van der Waals surface area contributed by atoms with E-state index in [0.717, 1.165) is 67.4 Å². The molecule has 2 fully saturated rings. The molecule has 0 bridgehead atoms. The first-order valence-corrected chi connectivity index (χ1v) is 29.0. The van der Waals surface area contributed by atoms with E-state index in [2.05, 4.69) is 41.1 Å². The van der Waals surface area contributed by atoms with Gasteiger partial charge in [-0.3, -0.25) is 14.3 Å². The number of thioether (sulfide) groups is 1. The predicted octanol–water partition coefficient (Wildman–Crippen LogP) is 9.66. The molecule has 1 atom stereocenters. The molecular weight excluding hydrogens is 1010 g/mol. The fourth-order valence-corrected chi connectivity index (χ4v) is 13.0. The second-order valence-corrected chi connectivity index (χ2v) is 25.3. The van der Waals surface area contributed by atoms with Gasteiger partial charge in [0.1, 0.15) is 4.90 Å². The maximum Gasteiger partial charge on any atom is 0.501 e. The molecule has 0 unspecified atom stereocenters. The minimum absolute atomic E-state index is 0.0320. The zero-order valence-electron chi connectivity index (χ0n) is 38.9. The molecule has 1 aliphatic carbocycles. The summed E-state index contributed by atoms with van der Waals surface area (Å²) in [5, 5.41) is 3.65. The number of carbonyl (C=O) groups is 1. The third kappa shape index (κ3) is 14.3. The van der Waals surface area contributed by atoms with Gasteiger partial charge in [0.25, 0.3) is 25.8 Å². The molecule has 378 valence electrons. The topological polar surface area (TPSA) is 177 Å². The molecule has 70 heavy (non-hydrogen) atoms. The van der Waals surface area contributed by atoms with E-state index < -0.39 is 60.4 Å². The number of benzene rings is 4. The third-order valence-corrected chi connectivity index (χ3v) is 17.9. The lowest BCUT2D eigenvalue weighted by atomic mass is 9.73. The molecule has 21 heteroatoms. The van der Waals surface area contributed by atoms with Crippen LogP contribution in [0.25, 0.3) is 5.57 Å². The van der Waals surface area contributed by atoms with Gasteiger partial charge in [0.2, 0.25) is 0 Å². The maximum atomic E-state index is 14.3. The summed E-state index contributed by atoms with van der Waals surface area (Å²) in [5.41, 5.74) is -0.623. The van der Waals surface area contributed by atoms with Crippen molar-refractivity contribution in [2.75, 3.05) is 68.3 Å². The Balaban J connectivity index is 1.02. The van der Waals surface area contributed by atoms with Gasteiger partial charge in [0, 0.05) is 91.1 Å². The number of piperidine rings is 1. The minimum Gasteiger partial charge on any atom is -0.380 e. The van der Waals surface area contributed by atoms with E-state index in [9.17, 15) is 49.2 Å². The van der Waals surface area contributed by atoms with Crippen LogP contribution in [0.4, 0.5) is 24.5 Å². The van der Waals surface area contributed by atoms with E-state index in [-0.39, 0.29) is 16.7 Å². The van der Waals surface area contributed by atoms with Crippen LogP contribution in [0, 0.1) is 5.41 Å². The van der Waals surface area contributed by atoms with Gasteiger partial charge in [-0.2, -0.15) is 13.2 Å². The van der Waals surface area contributed by atoms with Crippen LogP contribution in [0.5, 0.6) is 0 Å². The lowest BCUT2D eigenvalue weighted by Gasteiger charge is -2.39. The number of allylic oxidation sites excluding steroid dienone is 1. The molecule has 2 saturated heterocycles. The zero-order valence-corrected chi connectivity index (χ0v) is 43.0. The summed E-state index contributed by atoms with van der Waals surface area (Å²) >= 11 is 7.57. The Bertz CT molecular complexity index is 2830. The normalized spacial score (nSPS) is 18.1. The van der Waals surface area contributed by atoms with Gasteiger partial charge in [0.15, 0.2) is 0 Å². The lowest BCUT2D eigenvalue weighted by Crippen LogP contribution is -2.47. The molecule has 4 aromatic rings. The molecule has 0 radical (unpaired) electrons. The van der Waals surface area contributed by atoms with Gasteiger partial charge in [-0.1, -0.05) is 66.9 Å². The SMILES string of the molecule is CC1(C)CCC(c2ccc(Cl)cc2)=C(CN2CCN(c3ccc(C(=O)NS(=O)(=O)c4ccc(N[C@H](CCN5CCC(=CP(=O)(O)O)CC5)CSc5ccccc5)c(S(=O)(=O)C(F)(F)F)c4)cc3)CC2)C1. The van der Waals surface area contributed by atoms with Crippen molar-refractivity contribution >= 4 is 73.7 Å². The second kappa shape index (κ2) is 22.3. The van der Waals surface area contributed by atoms with Crippen LogP contribution in [0.1, 0.15) is 68.3 Å². The number of hydrogen-bond acceptors (Lipinski definition) is 11. The number of hydrogen-bond donors (Lipinski definition) is 4.